The smallest absolute Gasteiger partial charge is 0.277 e. The molecule has 2 aromatic carbocycles. The molecule has 4 heterocycles. The molecule has 0 atom stereocenters. The summed E-state index contributed by atoms with van der Waals surface area (Å²) in [5.74, 6) is 0.413. The van der Waals surface area contributed by atoms with Crippen molar-refractivity contribution in [2.75, 3.05) is 32.1 Å². The lowest BCUT2D eigenvalue weighted by atomic mass is 10.2. The number of carbonyl (C=O) groups excluding carboxylic acids is 1. The molecule has 40 heavy (non-hydrogen) atoms. The number of aromatic nitrogens is 4. The molecule has 0 saturated carbocycles. The number of morpholine rings is 1. The Kier molecular flexibility index (Phi) is 7.09. The number of hydrogen-bond acceptors (Lipinski definition) is 8. The molecule has 0 spiro atoms. The number of thioether (sulfide) groups is 1. The topological polar surface area (TPSA) is 123 Å². The van der Waals surface area contributed by atoms with Crippen LogP contribution in [-0.4, -0.2) is 70.3 Å². The number of para-hydroxylation sites is 1. The van der Waals surface area contributed by atoms with Crippen molar-refractivity contribution >= 4 is 38.5 Å². The summed E-state index contributed by atoms with van der Waals surface area (Å²) in [5, 5.41) is 9.57. The first kappa shape index (κ1) is 26.5. The highest BCUT2D eigenvalue weighted by molar-refractivity contribution is 7.99. The zero-order valence-electron chi connectivity index (χ0n) is 22.0. The number of H-pyrrole nitrogens is 1. The van der Waals surface area contributed by atoms with Crippen LogP contribution in [0.3, 0.4) is 0 Å². The molecule has 1 saturated heterocycles. The average Bonchev–Trinajstić information content (AvgIpc) is 3.69. The summed E-state index contributed by atoms with van der Waals surface area (Å²) < 4.78 is 40.9. The van der Waals surface area contributed by atoms with Gasteiger partial charge in [-0.1, -0.05) is 36.0 Å². The van der Waals surface area contributed by atoms with Crippen LogP contribution in [0.5, 0.6) is 0 Å². The number of aryl methyl sites for hydroxylation is 1. The van der Waals surface area contributed by atoms with Gasteiger partial charge >= 0.3 is 0 Å². The number of rotatable bonds is 8. The standard InChI is InChI=1S/C28H27N5O5S2/c1-18-14-23(19(2)33(18)20-6-5-7-21(15-20)40(35,36)32-10-12-37-13-11-32)26(34)17-39-28-31-30-27(38-28)24-16-29-25-9-4-3-8-22(24)25/h3-9,14-16,29H,10-13,17H2,1-2H3. The minimum Gasteiger partial charge on any atom is -0.411 e. The summed E-state index contributed by atoms with van der Waals surface area (Å²) in [7, 11) is -3.65. The SMILES string of the molecule is Cc1cc(C(=O)CSc2nnc(-c3c[nH]c4ccccc34)o2)c(C)n1-c1cccc(S(=O)(=O)N2CCOCC2)c1. The molecule has 12 heteroatoms. The molecule has 1 fully saturated rings. The van der Waals surface area contributed by atoms with E-state index in [4.69, 9.17) is 9.15 Å². The molecule has 0 amide bonds. The predicted molar refractivity (Wildman–Crippen MR) is 151 cm³/mol. The van der Waals surface area contributed by atoms with E-state index < -0.39 is 10.0 Å². The van der Waals surface area contributed by atoms with E-state index in [1.165, 1.54) is 16.1 Å². The maximum absolute atomic E-state index is 13.2. The minimum atomic E-state index is -3.65. The van der Waals surface area contributed by atoms with Gasteiger partial charge in [0.2, 0.25) is 10.0 Å². The maximum atomic E-state index is 13.2. The van der Waals surface area contributed by atoms with Crippen molar-refractivity contribution < 1.29 is 22.4 Å². The Bertz CT molecular complexity index is 1820. The zero-order valence-corrected chi connectivity index (χ0v) is 23.6. The number of sulfonamides is 1. The Morgan fingerprint density at radius 2 is 1.85 bits per heavy atom. The highest BCUT2D eigenvalue weighted by Gasteiger charge is 2.27. The molecule has 0 bridgehead atoms. The van der Waals surface area contributed by atoms with Crippen LogP contribution < -0.4 is 0 Å². The monoisotopic (exact) mass is 577 g/mol. The average molecular weight is 578 g/mol. The van der Waals surface area contributed by atoms with Gasteiger partial charge in [0.05, 0.1) is 29.4 Å². The van der Waals surface area contributed by atoms with Gasteiger partial charge in [0.25, 0.3) is 11.1 Å². The third kappa shape index (κ3) is 4.87. The second kappa shape index (κ2) is 10.7. The van der Waals surface area contributed by atoms with Gasteiger partial charge < -0.3 is 18.7 Å². The van der Waals surface area contributed by atoms with Gasteiger partial charge in [0.1, 0.15) is 0 Å². The molecule has 1 N–H and O–H groups in total. The lowest BCUT2D eigenvalue weighted by Crippen LogP contribution is -2.40. The van der Waals surface area contributed by atoms with Crippen molar-refractivity contribution in [1.82, 2.24) is 24.1 Å². The van der Waals surface area contributed by atoms with Crippen molar-refractivity contribution in [2.45, 2.75) is 24.0 Å². The van der Waals surface area contributed by atoms with E-state index in [2.05, 4.69) is 15.2 Å². The molecule has 0 radical (unpaired) electrons. The molecule has 1 aliphatic rings. The van der Waals surface area contributed by atoms with E-state index in [0.29, 0.717) is 48.7 Å². The Labute approximate surface area is 235 Å². The van der Waals surface area contributed by atoms with Gasteiger partial charge in [0, 0.05) is 52.8 Å². The molecule has 5 aromatic rings. The minimum absolute atomic E-state index is 0.0895. The third-order valence-corrected chi connectivity index (χ3v) is 9.68. The zero-order chi connectivity index (χ0) is 27.9. The largest absolute Gasteiger partial charge is 0.411 e. The number of nitrogens with one attached hydrogen (secondary N) is 1. The first-order chi connectivity index (χ1) is 19.3. The van der Waals surface area contributed by atoms with Crippen LogP contribution in [0.4, 0.5) is 0 Å². The maximum Gasteiger partial charge on any atom is 0.277 e. The Hall–Kier alpha value is -3.71. The fraction of sp³-hybridized carbons (Fsp3) is 0.250. The molecule has 206 valence electrons. The van der Waals surface area contributed by atoms with E-state index >= 15 is 0 Å². The number of aromatic amines is 1. The number of ether oxygens (including phenoxy) is 1. The van der Waals surface area contributed by atoms with E-state index in [-0.39, 0.29) is 16.4 Å². The number of carbonyl (C=O) groups is 1. The highest BCUT2D eigenvalue weighted by atomic mass is 32.2. The van der Waals surface area contributed by atoms with Gasteiger partial charge in [-0.2, -0.15) is 4.31 Å². The lowest BCUT2D eigenvalue weighted by molar-refractivity contribution is 0.0730. The fourth-order valence-corrected chi connectivity index (χ4v) is 7.09. The third-order valence-electron chi connectivity index (χ3n) is 6.97. The summed E-state index contributed by atoms with van der Waals surface area (Å²) in [4.78, 5) is 16.6. The van der Waals surface area contributed by atoms with Gasteiger partial charge in [-0.05, 0) is 44.2 Å². The van der Waals surface area contributed by atoms with Gasteiger partial charge in [-0.15, -0.1) is 10.2 Å². The van der Waals surface area contributed by atoms with E-state index in [1.54, 1.807) is 18.2 Å². The lowest BCUT2D eigenvalue weighted by Gasteiger charge is -2.26. The van der Waals surface area contributed by atoms with Crippen molar-refractivity contribution in [3.8, 4) is 17.1 Å². The first-order valence-corrected chi connectivity index (χ1v) is 15.2. The number of nitrogens with zero attached hydrogens (tertiary/aromatic N) is 4. The van der Waals surface area contributed by atoms with Crippen LogP contribution in [0.1, 0.15) is 21.7 Å². The van der Waals surface area contributed by atoms with Crippen molar-refractivity contribution in [1.29, 1.82) is 0 Å². The van der Waals surface area contributed by atoms with Gasteiger partial charge in [-0.25, -0.2) is 8.42 Å². The second-order valence-corrected chi connectivity index (χ2v) is 12.3. The van der Waals surface area contributed by atoms with Crippen molar-refractivity contribution in [3.63, 3.8) is 0 Å². The fourth-order valence-electron chi connectivity index (χ4n) is 4.99. The summed E-state index contributed by atoms with van der Waals surface area (Å²) in [5.41, 5.74) is 4.57. The molecule has 3 aromatic heterocycles. The number of hydrogen-bond donors (Lipinski definition) is 1. The van der Waals surface area contributed by atoms with E-state index in [0.717, 1.165) is 27.9 Å². The summed E-state index contributed by atoms with van der Waals surface area (Å²) in [6.45, 7) is 5.17. The van der Waals surface area contributed by atoms with Crippen LogP contribution in [0.15, 0.2) is 75.3 Å². The molecule has 6 rings (SSSR count). The molecule has 0 aliphatic carbocycles. The quantitative estimate of drug-likeness (QED) is 0.209. The van der Waals surface area contributed by atoms with Crippen LogP contribution in [0, 0.1) is 13.8 Å². The number of Topliss-reactive ketones (excluding diaryl/α,β-unsaturated/α-hetero) is 1. The number of benzene rings is 2. The highest BCUT2D eigenvalue weighted by Crippen LogP contribution is 2.30. The summed E-state index contributed by atoms with van der Waals surface area (Å²) >= 11 is 1.18. The second-order valence-electron chi connectivity index (χ2n) is 9.47. The molecular weight excluding hydrogens is 550 g/mol. The molecule has 0 unspecified atom stereocenters. The normalized spacial score (nSPS) is 14.7. The van der Waals surface area contributed by atoms with Crippen LogP contribution in [-0.2, 0) is 14.8 Å². The molecule has 1 aliphatic heterocycles. The van der Waals surface area contributed by atoms with Crippen LogP contribution in [0.25, 0.3) is 28.0 Å². The van der Waals surface area contributed by atoms with Crippen LogP contribution in [0.2, 0.25) is 0 Å². The van der Waals surface area contributed by atoms with Crippen LogP contribution >= 0.6 is 11.8 Å². The summed E-state index contributed by atoms with van der Waals surface area (Å²) in [6, 6.07) is 16.5. The molecule has 10 nitrogen and oxygen atoms in total. The Morgan fingerprint density at radius 3 is 2.67 bits per heavy atom. The van der Waals surface area contributed by atoms with Gasteiger partial charge in [-0.3, -0.25) is 4.79 Å². The van der Waals surface area contributed by atoms with Gasteiger partial charge in [0.15, 0.2) is 5.78 Å². The Morgan fingerprint density at radius 1 is 1.05 bits per heavy atom. The predicted octanol–water partition coefficient (Wildman–Crippen LogP) is 4.62. The number of fused-ring (bicyclic) bond motifs is 1. The number of ketones is 1. The van der Waals surface area contributed by atoms with E-state index in [1.807, 2.05) is 61.0 Å². The first-order valence-electron chi connectivity index (χ1n) is 12.8. The van der Waals surface area contributed by atoms with Crippen molar-refractivity contribution in [3.05, 3.63) is 77.7 Å². The summed E-state index contributed by atoms with van der Waals surface area (Å²) in [6.07, 6.45) is 1.83. The van der Waals surface area contributed by atoms with E-state index in [9.17, 15) is 13.2 Å². The Balaban J connectivity index is 1.19. The van der Waals surface area contributed by atoms with Crippen molar-refractivity contribution in [2.24, 2.45) is 0 Å². The molecular formula is C28H27N5O5S2.